The molecule has 0 saturated heterocycles. The fraction of sp³-hybridized carbons (Fsp3) is 1.00. The Morgan fingerprint density at radius 1 is 1.24 bits per heavy atom. The quantitative estimate of drug-likeness (QED) is 0.550. The van der Waals surface area contributed by atoms with E-state index in [9.17, 15) is 0 Å². The van der Waals surface area contributed by atoms with Gasteiger partial charge in [0.2, 0.25) is 0 Å². The molecule has 3 aliphatic rings. The van der Waals surface area contributed by atoms with Crippen molar-refractivity contribution in [2.24, 2.45) is 29.5 Å². The zero-order valence-corrected chi connectivity index (χ0v) is 10.9. The second-order valence-electron chi connectivity index (χ2n) is 6.48. The first kappa shape index (κ1) is 11.9. The molecule has 0 amide bonds. The molecule has 17 heavy (non-hydrogen) atoms. The molecule has 0 heterocycles. The highest BCUT2D eigenvalue weighted by molar-refractivity contribution is 4.95. The molecule has 2 bridgehead atoms. The van der Waals surface area contributed by atoms with Gasteiger partial charge >= 0.3 is 0 Å². The Kier molecular flexibility index (Phi) is 3.42. The lowest BCUT2D eigenvalue weighted by atomic mass is 9.82. The van der Waals surface area contributed by atoms with Crippen molar-refractivity contribution in [3.05, 3.63) is 0 Å². The number of methoxy groups -OCH3 is 1. The maximum atomic E-state index is 5.76. The maximum Gasteiger partial charge on any atom is 0.0765 e. The summed E-state index contributed by atoms with van der Waals surface area (Å²) in [5, 5.41) is 0. The molecule has 0 aliphatic heterocycles. The van der Waals surface area contributed by atoms with Gasteiger partial charge in [-0.05, 0) is 62.2 Å². The van der Waals surface area contributed by atoms with Crippen LogP contribution in [0.1, 0.15) is 44.9 Å². The summed E-state index contributed by atoms with van der Waals surface area (Å²) >= 11 is 0. The fourth-order valence-electron chi connectivity index (χ4n) is 4.40. The smallest absolute Gasteiger partial charge is 0.0765 e. The Balaban J connectivity index is 1.57. The average Bonchev–Trinajstić information content (AvgIpc) is 2.97. The molecule has 0 spiro atoms. The molecule has 3 aliphatic carbocycles. The van der Waals surface area contributed by atoms with Crippen LogP contribution >= 0.6 is 0 Å². The number of fused-ring (bicyclic) bond motifs is 2. The molecule has 0 radical (unpaired) electrons. The molecule has 0 aromatic heterocycles. The molecule has 3 heteroatoms. The lowest BCUT2D eigenvalue weighted by Crippen LogP contribution is -2.47. The van der Waals surface area contributed by atoms with Crippen molar-refractivity contribution in [3.8, 4) is 0 Å². The minimum atomic E-state index is 0.346. The minimum absolute atomic E-state index is 0.346. The highest BCUT2D eigenvalue weighted by Gasteiger charge is 2.43. The van der Waals surface area contributed by atoms with E-state index in [4.69, 9.17) is 10.6 Å². The maximum absolute atomic E-state index is 5.76. The largest absolute Gasteiger partial charge is 0.379 e. The SMILES string of the molecule is COC(C1CC1)C(CC1CC2CCC1C2)NN. The zero-order valence-electron chi connectivity index (χ0n) is 10.9. The lowest BCUT2D eigenvalue weighted by Gasteiger charge is -2.31. The van der Waals surface area contributed by atoms with E-state index in [0.717, 1.165) is 23.7 Å². The minimum Gasteiger partial charge on any atom is -0.379 e. The van der Waals surface area contributed by atoms with Gasteiger partial charge in [0.15, 0.2) is 0 Å². The van der Waals surface area contributed by atoms with Crippen molar-refractivity contribution in [1.82, 2.24) is 5.43 Å². The standard InChI is InChI=1S/C14H26N2O/c1-17-14(10-4-5-10)13(16-15)8-12-7-9-2-3-11(12)6-9/h9-14,16H,2-8,15H2,1H3. The van der Waals surface area contributed by atoms with E-state index in [1.807, 2.05) is 7.11 Å². The van der Waals surface area contributed by atoms with Gasteiger partial charge < -0.3 is 4.74 Å². The van der Waals surface area contributed by atoms with Gasteiger partial charge in [-0.15, -0.1) is 0 Å². The molecule has 3 saturated carbocycles. The Morgan fingerprint density at radius 3 is 2.53 bits per heavy atom. The summed E-state index contributed by atoms with van der Waals surface area (Å²) in [6.45, 7) is 0. The van der Waals surface area contributed by atoms with Crippen LogP contribution in [-0.4, -0.2) is 19.3 Å². The molecule has 5 atom stereocenters. The summed E-state index contributed by atoms with van der Waals surface area (Å²) in [4.78, 5) is 0. The summed E-state index contributed by atoms with van der Waals surface area (Å²) in [7, 11) is 1.84. The third-order valence-electron chi connectivity index (χ3n) is 5.41. The molecule has 3 N–H and O–H groups in total. The number of hydrogen-bond acceptors (Lipinski definition) is 3. The zero-order chi connectivity index (χ0) is 11.8. The molecule has 5 unspecified atom stereocenters. The van der Waals surface area contributed by atoms with Gasteiger partial charge in [-0.2, -0.15) is 0 Å². The third-order valence-corrected chi connectivity index (χ3v) is 5.41. The van der Waals surface area contributed by atoms with Crippen LogP contribution in [0, 0.1) is 23.7 Å². The van der Waals surface area contributed by atoms with Gasteiger partial charge in [-0.25, -0.2) is 0 Å². The van der Waals surface area contributed by atoms with E-state index in [1.54, 1.807) is 0 Å². The topological polar surface area (TPSA) is 47.3 Å². The van der Waals surface area contributed by atoms with E-state index < -0.39 is 0 Å². The number of hydrazine groups is 1. The highest BCUT2D eigenvalue weighted by atomic mass is 16.5. The van der Waals surface area contributed by atoms with Crippen LogP contribution in [0.5, 0.6) is 0 Å². The monoisotopic (exact) mass is 238 g/mol. The van der Waals surface area contributed by atoms with Gasteiger partial charge in [0, 0.05) is 13.2 Å². The van der Waals surface area contributed by atoms with Gasteiger partial charge in [-0.3, -0.25) is 11.3 Å². The average molecular weight is 238 g/mol. The fourth-order valence-corrected chi connectivity index (χ4v) is 4.40. The van der Waals surface area contributed by atoms with Crippen molar-refractivity contribution in [1.29, 1.82) is 0 Å². The summed E-state index contributed by atoms with van der Waals surface area (Å²) in [6.07, 6.45) is 10.1. The van der Waals surface area contributed by atoms with Crippen LogP contribution in [0.3, 0.4) is 0 Å². The number of nitrogens with two attached hydrogens (primary N) is 1. The molecular weight excluding hydrogens is 212 g/mol. The van der Waals surface area contributed by atoms with Crippen LogP contribution in [0.15, 0.2) is 0 Å². The molecular formula is C14H26N2O. The summed E-state index contributed by atoms with van der Waals surface area (Å²) in [5.74, 6) is 9.46. The predicted molar refractivity (Wildman–Crippen MR) is 68.2 cm³/mol. The van der Waals surface area contributed by atoms with Crippen LogP contribution in [0.25, 0.3) is 0 Å². The molecule has 98 valence electrons. The van der Waals surface area contributed by atoms with E-state index in [1.165, 1.54) is 44.9 Å². The highest BCUT2D eigenvalue weighted by Crippen LogP contribution is 2.50. The predicted octanol–water partition coefficient (Wildman–Crippen LogP) is 2.07. The number of ether oxygens (including phenoxy) is 1. The van der Waals surface area contributed by atoms with E-state index in [-0.39, 0.29) is 0 Å². The van der Waals surface area contributed by atoms with Crippen LogP contribution in [-0.2, 0) is 4.74 Å². The Hall–Kier alpha value is -0.120. The Morgan fingerprint density at radius 2 is 2.06 bits per heavy atom. The van der Waals surface area contributed by atoms with Crippen molar-refractivity contribution in [2.45, 2.75) is 57.1 Å². The van der Waals surface area contributed by atoms with Crippen LogP contribution in [0.4, 0.5) is 0 Å². The van der Waals surface area contributed by atoms with Gasteiger partial charge in [0.05, 0.1) is 6.10 Å². The number of nitrogens with one attached hydrogen (secondary N) is 1. The normalized spacial score (nSPS) is 39.5. The van der Waals surface area contributed by atoms with E-state index in [0.29, 0.717) is 12.1 Å². The first-order chi connectivity index (χ1) is 8.31. The summed E-state index contributed by atoms with van der Waals surface area (Å²) in [6, 6.07) is 0.372. The number of hydrogen-bond donors (Lipinski definition) is 2. The van der Waals surface area contributed by atoms with Crippen LogP contribution < -0.4 is 11.3 Å². The Bertz CT molecular complexity index is 267. The lowest BCUT2D eigenvalue weighted by molar-refractivity contribution is 0.0396. The third kappa shape index (κ3) is 2.38. The Labute approximate surface area is 104 Å². The number of rotatable bonds is 6. The van der Waals surface area contributed by atoms with Crippen LogP contribution in [0.2, 0.25) is 0 Å². The van der Waals surface area contributed by atoms with Gasteiger partial charge in [0.1, 0.15) is 0 Å². The van der Waals surface area contributed by atoms with E-state index >= 15 is 0 Å². The molecule has 3 rings (SSSR count). The molecule has 0 aromatic carbocycles. The second-order valence-corrected chi connectivity index (χ2v) is 6.48. The molecule has 0 aromatic rings. The van der Waals surface area contributed by atoms with Gasteiger partial charge in [0.25, 0.3) is 0 Å². The van der Waals surface area contributed by atoms with Crippen molar-refractivity contribution in [3.63, 3.8) is 0 Å². The summed E-state index contributed by atoms with van der Waals surface area (Å²) < 4.78 is 5.68. The molecule has 3 fully saturated rings. The van der Waals surface area contributed by atoms with Gasteiger partial charge in [-0.1, -0.05) is 6.42 Å². The second kappa shape index (κ2) is 4.87. The van der Waals surface area contributed by atoms with E-state index in [2.05, 4.69) is 5.43 Å². The summed E-state index contributed by atoms with van der Waals surface area (Å²) in [5.41, 5.74) is 3.04. The van der Waals surface area contributed by atoms with Crippen molar-refractivity contribution in [2.75, 3.05) is 7.11 Å². The van der Waals surface area contributed by atoms with Crippen molar-refractivity contribution < 1.29 is 4.74 Å². The molecule has 3 nitrogen and oxygen atoms in total. The first-order valence-corrected chi connectivity index (χ1v) is 7.30. The van der Waals surface area contributed by atoms with Crippen molar-refractivity contribution >= 4 is 0 Å². The first-order valence-electron chi connectivity index (χ1n) is 7.30.